The first-order valence-electron chi connectivity index (χ1n) is 7.03. The molecule has 0 spiro atoms. The van der Waals surface area contributed by atoms with E-state index in [1.807, 2.05) is 0 Å². The van der Waals surface area contributed by atoms with Gasteiger partial charge in [-0.2, -0.15) is 13.2 Å². The monoisotopic (exact) mass is 287 g/mol. The predicted octanol–water partition coefficient (Wildman–Crippen LogP) is 3.93. The average Bonchev–Trinajstić information content (AvgIpc) is 2.45. The highest BCUT2D eigenvalue weighted by Gasteiger charge is 2.31. The van der Waals surface area contributed by atoms with Crippen LogP contribution < -0.4 is 5.32 Å². The van der Waals surface area contributed by atoms with Gasteiger partial charge in [0.1, 0.15) is 0 Å². The van der Waals surface area contributed by atoms with Crippen LogP contribution in [0, 0.1) is 0 Å². The molecule has 1 heterocycles. The molecule has 20 heavy (non-hydrogen) atoms. The van der Waals surface area contributed by atoms with Gasteiger partial charge in [-0.3, -0.25) is 0 Å². The second kappa shape index (κ2) is 6.59. The fourth-order valence-corrected chi connectivity index (χ4v) is 2.45. The zero-order valence-corrected chi connectivity index (χ0v) is 11.5. The molecular formula is C15H20F3NO. The summed E-state index contributed by atoms with van der Waals surface area (Å²) in [6.45, 7) is 3.72. The Kier molecular flexibility index (Phi) is 5.05. The van der Waals surface area contributed by atoms with Crippen molar-refractivity contribution in [1.82, 2.24) is 5.32 Å². The van der Waals surface area contributed by atoms with E-state index in [1.54, 1.807) is 0 Å². The molecule has 2 unspecified atom stereocenters. The standard InChI is InChI=1S/C15H20F3NO/c1-2-8-19-13-7-9-20-14(10-13)11-3-5-12(6-4-11)15(16,17)18/h3-6,13-14,19H,2,7-10H2,1H3. The van der Waals surface area contributed by atoms with Gasteiger partial charge in [0.2, 0.25) is 0 Å². The van der Waals surface area contributed by atoms with Crippen LogP contribution in [0.1, 0.15) is 43.4 Å². The highest BCUT2D eigenvalue weighted by atomic mass is 19.4. The van der Waals surface area contributed by atoms with E-state index in [1.165, 1.54) is 12.1 Å². The number of benzene rings is 1. The zero-order chi connectivity index (χ0) is 14.6. The Morgan fingerprint density at radius 2 is 1.95 bits per heavy atom. The van der Waals surface area contributed by atoms with Crippen LogP contribution in [0.5, 0.6) is 0 Å². The Bertz CT molecular complexity index is 416. The summed E-state index contributed by atoms with van der Waals surface area (Å²) in [6, 6.07) is 5.69. The third-order valence-electron chi connectivity index (χ3n) is 3.58. The van der Waals surface area contributed by atoms with Crippen LogP contribution in [0.2, 0.25) is 0 Å². The lowest BCUT2D eigenvalue weighted by Gasteiger charge is -2.30. The number of hydrogen-bond donors (Lipinski definition) is 1. The number of ether oxygens (including phenoxy) is 1. The fourth-order valence-electron chi connectivity index (χ4n) is 2.45. The number of hydrogen-bond acceptors (Lipinski definition) is 2. The molecule has 0 aromatic heterocycles. The SMILES string of the molecule is CCCNC1CCOC(c2ccc(C(F)(F)F)cc2)C1. The Morgan fingerprint density at radius 3 is 2.55 bits per heavy atom. The van der Waals surface area contributed by atoms with Crippen molar-refractivity contribution in [2.24, 2.45) is 0 Å². The number of halogens is 3. The van der Waals surface area contributed by atoms with E-state index in [-0.39, 0.29) is 6.10 Å². The molecule has 1 aliphatic heterocycles. The van der Waals surface area contributed by atoms with Crippen molar-refractivity contribution in [3.05, 3.63) is 35.4 Å². The van der Waals surface area contributed by atoms with Crippen molar-refractivity contribution < 1.29 is 17.9 Å². The quantitative estimate of drug-likeness (QED) is 0.906. The van der Waals surface area contributed by atoms with Crippen LogP contribution in [-0.4, -0.2) is 19.2 Å². The molecule has 0 bridgehead atoms. The van der Waals surface area contributed by atoms with Gasteiger partial charge in [-0.25, -0.2) is 0 Å². The summed E-state index contributed by atoms with van der Waals surface area (Å²) in [5.41, 5.74) is 0.207. The van der Waals surface area contributed by atoms with E-state index in [0.717, 1.165) is 43.5 Å². The van der Waals surface area contributed by atoms with Gasteiger partial charge >= 0.3 is 6.18 Å². The molecule has 1 aliphatic rings. The smallest absolute Gasteiger partial charge is 0.373 e. The first-order chi connectivity index (χ1) is 9.50. The first-order valence-corrected chi connectivity index (χ1v) is 7.03. The van der Waals surface area contributed by atoms with Crippen LogP contribution in [0.4, 0.5) is 13.2 Å². The van der Waals surface area contributed by atoms with Crippen molar-refractivity contribution >= 4 is 0 Å². The minimum Gasteiger partial charge on any atom is -0.373 e. The van der Waals surface area contributed by atoms with E-state index in [4.69, 9.17) is 4.74 Å². The summed E-state index contributed by atoms with van der Waals surface area (Å²) >= 11 is 0. The van der Waals surface area contributed by atoms with Gasteiger partial charge in [0, 0.05) is 12.6 Å². The molecule has 0 radical (unpaired) electrons. The second-order valence-corrected chi connectivity index (χ2v) is 5.15. The van der Waals surface area contributed by atoms with E-state index < -0.39 is 11.7 Å². The first kappa shape index (κ1) is 15.3. The largest absolute Gasteiger partial charge is 0.416 e. The lowest BCUT2D eigenvalue weighted by Crippen LogP contribution is -2.36. The minimum atomic E-state index is -4.28. The molecule has 0 aliphatic carbocycles. The van der Waals surface area contributed by atoms with Crippen LogP contribution in [0.3, 0.4) is 0 Å². The van der Waals surface area contributed by atoms with Crippen molar-refractivity contribution in [2.75, 3.05) is 13.2 Å². The van der Waals surface area contributed by atoms with E-state index >= 15 is 0 Å². The van der Waals surface area contributed by atoms with Gasteiger partial charge in [0.05, 0.1) is 11.7 Å². The topological polar surface area (TPSA) is 21.3 Å². The highest BCUT2D eigenvalue weighted by molar-refractivity contribution is 5.26. The third-order valence-corrected chi connectivity index (χ3v) is 3.58. The van der Waals surface area contributed by atoms with Gasteiger partial charge in [0.25, 0.3) is 0 Å². The van der Waals surface area contributed by atoms with Crippen molar-refractivity contribution in [3.8, 4) is 0 Å². The fraction of sp³-hybridized carbons (Fsp3) is 0.600. The third kappa shape index (κ3) is 3.96. The zero-order valence-electron chi connectivity index (χ0n) is 11.5. The summed E-state index contributed by atoms with van der Waals surface area (Å²) < 4.78 is 43.2. The van der Waals surface area contributed by atoms with Crippen LogP contribution in [0.25, 0.3) is 0 Å². The number of nitrogens with one attached hydrogen (secondary N) is 1. The molecule has 1 aromatic rings. The summed E-state index contributed by atoms with van der Waals surface area (Å²) in [4.78, 5) is 0. The molecule has 112 valence electrons. The van der Waals surface area contributed by atoms with Crippen molar-refractivity contribution in [2.45, 2.75) is 44.5 Å². The van der Waals surface area contributed by atoms with E-state index in [9.17, 15) is 13.2 Å². The molecule has 0 amide bonds. The van der Waals surface area contributed by atoms with Crippen molar-refractivity contribution in [3.63, 3.8) is 0 Å². The van der Waals surface area contributed by atoms with Crippen LogP contribution >= 0.6 is 0 Å². The lowest BCUT2D eigenvalue weighted by molar-refractivity contribution is -0.137. The Hall–Kier alpha value is -1.07. The molecule has 1 aromatic carbocycles. The average molecular weight is 287 g/mol. The van der Waals surface area contributed by atoms with Gasteiger partial charge in [-0.1, -0.05) is 19.1 Å². The number of rotatable bonds is 4. The maximum atomic E-state index is 12.5. The van der Waals surface area contributed by atoms with Gasteiger partial charge < -0.3 is 10.1 Å². The molecular weight excluding hydrogens is 267 g/mol. The Labute approximate surface area is 117 Å². The van der Waals surface area contributed by atoms with Gasteiger partial charge in [-0.05, 0) is 43.5 Å². The molecule has 2 atom stereocenters. The Morgan fingerprint density at radius 1 is 1.25 bits per heavy atom. The summed E-state index contributed by atoms with van der Waals surface area (Å²) in [5, 5.41) is 3.45. The van der Waals surface area contributed by atoms with Gasteiger partial charge in [0.15, 0.2) is 0 Å². The maximum absolute atomic E-state index is 12.5. The van der Waals surface area contributed by atoms with E-state index in [2.05, 4.69) is 12.2 Å². The van der Waals surface area contributed by atoms with E-state index in [0.29, 0.717) is 12.6 Å². The molecule has 1 N–H and O–H groups in total. The molecule has 1 fully saturated rings. The Balaban J connectivity index is 2.00. The minimum absolute atomic E-state index is 0.111. The molecule has 2 rings (SSSR count). The van der Waals surface area contributed by atoms with Crippen molar-refractivity contribution in [1.29, 1.82) is 0 Å². The second-order valence-electron chi connectivity index (χ2n) is 5.15. The maximum Gasteiger partial charge on any atom is 0.416 e. The normalized spacial score (nSPS) is 23.8. The predicted molar refractivity (Wildman–Crippen MR) is 71.5 cm³/mol. The molecule has 2 nitrogen and oxygen atoms in total. The summed E-state index contributed by atoms with van der Waals surface area (Å²) in [5.74, 6) is 0. The van der Waals surface area contributed by atoms with Gasteiger partial charge in [-0.15, -0.1) is 0 Å². The summed E-state index contributed by atoms with van der Waals surface area (Å²) in [6.07, 6.45) is -1.55. The molecule has 5 heteroatoms. The number of alkyl halides is 3. The summed E-state index contributed by atoms with van der Waals surface area (Å²) in [7, 11) is 0. The molecule has 1 saturated heterocycles. The van der Waals surface area contributed by atoms with Crippen LogP contribution in [-0.2, 0) is 10.9 Å². The highest BCUT2D eigenvalue weighted by Crippen LogP contribution is 2.32. The van der Waals surface area contributed by atoms with Crippen LogP contribution in [0.15, 0.2) is 24.3 Å². The lowest BCUT2D eigenvalue weighted by atomic mass is 9.96. The molecule has 0 saturated carbocycles.